The van der Waals surface area contributed by atoms with Gasteiger partial charge in [-0.3, -0.25) is 4.57 Å². The number of nitrogens with two attached hydrogens (primary N) is 2. The molecule has 0 radical (unpaired) electrons. The Balaban J connectivity index is 0.000000227. The molecule has 7 rings (SSSR count). The van der Waals surface area contributed by atoms with Crippen molar-refractivity contribution in [2.75, 3.05) is 0 Å². The normalized spacial score (nSPS) is 15.2. The Hall–Kier alpha value is -5.67. The van der Waals surface area contributed by atoms with Gasteiger partial charge in [0.15, 0.2) is 11.4 Å². The summed E-state index contributed by atoms with van der Waals surface area (Å²) in [5, 5.41) is 14.6. The Bertz CT molecular complexity index is 2380. The van der Waals surface area contributed by atoms with Crippen molar-refractivity contribution in [2.45, 2.75) is 30.7 Å². The van der Waals surface area contributed by atoms with E-state index in [1.807, 2.05) is 48.5 Å². The number of alkyl halides is 6. The summed E-state index contributed by atoms with van der Waals surface area (Å²) in [6, 6.07) is 27.5. The number of nitriles is 2. The molecule has 2 atom stereocenters. The minimum atomic E-state index is -4.75. The number of aromatic amines is 1. The number of benzene rings is 4. The third-order valence-corrected chi connectivity index (χ3v) is 8.92. The molecular formula is C38H28Br3F6N9O2. The third kappa shape index (κ3) is 10.8. The van der Waals surface area contributed by atoms with Crippen molar-refractivity contribution in [3.05, 3.63) is 165 Å². The Morgan fingerprint density at radius 2 is 1.29 bits per heavy atom. The van der Waals surface area contributed by atoms with E-state index in [9.17, 15) is 26.3 Å². The fourth-order valence-corrected chi connectivity index (χ4v) is 6.57. The monoisotopic (exact) mass is 993 g/mol. The molecule has 0 aliphatic carbocycles. The van der Waals surface area contributed by atoms with Gasteiger partial charge < -0.3 is 25.9 Å². The Morgan fingerprint density at radius 3 is 1.79 bits per heavy atom. The highest BCUT2D eigenvalue weighted by atomic mass is 79.9. The molecule has 3 heterocycles. The average Bonchev–Trinajstić information content (AvgIpc) is 3.93. The van der Waals surface area contributed by atoms with Crippen molar-refractivity contribution in [1.82, 2.24) is 19.5 Å². The summed E-state index contributed by atoms with van der Waals surface area (Å²) < 4.78 is 85.6. The number of hydrogen-bond acceptors (Lipinski definition) is 9. The number of hydrogen-bond donors (Lipinski definition) is 3. The summed E-state index contributed by atoms with van der Waals surface area (Å²) in [6.45, 7) is 1.43. The summed E-state index contributed by atoms with van der Waals surface area (Å²) in [5.74, 6) is 0.650. The number of nitrogens with zero attached hydrogens (tertiary/aromatic N) is 6. The van der Waals surface area contributed by atoms with Crippen LogP contribution in [-0.2, 0) is 11.1 Å². The van der Waals surface area contributed by atoms with Crippen LogP contribution in [0.5, 0.6) is 11.5 Å². The maximum absolute atomic E-state index is 12.5. The lowest BCUT2D eigenvalue weighted by Crippen LogP contribution is -2.40. The maximum Gasteiger partial charge on any atom is 0.573 e. The van der Waals surface area contributed by atoms with Crippen LogP contribution in [0.1, 0.15) is 40.8 Å². The van der Waals surface area contributed by atoms with Crippen molar-refractivity contribution in [3.8, 4) is 22.5 Å². The van der Waals surface area contributed by atoms with Gasteiger partial charge in [0.2, 0.25) is 5.96 Å². The fourth-order valence-electron chi connectivity index (χ4n) is 5.77. The molecule has 6 aromatic rings. The van der Waals surface area contributed by atoms with Crippen LogP contribution < -0.4 is 20.9 Å². The molecule has 0 fully saturated rings. The molecule has 0 saturated heterocycles. The van der Waals surface area contributed by atoms with Crippen LogP contribution in [0.3, 0.4) is 0 Å². The van der Waals surface area contributed by atoms with E-state index in [2.05, 4.69) is 77.2 Å². The van der Waals surface area contributed by atoms with E-state index in [4.69, 9.17) is 22.0 Å². The standard InChI is InChI=1S/C18H12BrF3N4O.C17H13BrF3N3O.C2H3N.CBrN/c19-13-3-1-2-12(10-13)17(15-24-8-9-26(15)16(23)25-17)11-4-6-14(7-5-11)27-18(20,21)22;18-13-3-1-2-12(10-13)16(22,15-23-8-9-24-15)11-4-6-14(7-5-11)25-17(19,20)21;1-2-3;2-1-3/h1-10H,(H2,23,25);1-10H,22H2,(H,23,24);1H3;. The summed E-state index contributed by atoms with van der Waals surface area (Å²) in [5.41, 5.74) is 13.2. The van der Waals surface area contributed by atoms with Crippen LogP contribution in [-0.4, -0.2) is 38.2 Å². The first kappa shape index (κ1) is 45.0. The molecule has 5 N–H and O–H groups in total. The van der Waals surface area contributed by atoms with Crippen molar-refractivity contribution in [3.63, 3.8) is 0 Å². The van der Waals surface area contributed by atoms with Crippen molar-refractivity contribution < 1.29 is 35.8 Å². The number of imidazole rings is 2. The molecule has 1 aliphatic heterocycles. The molecule has 0 bridgehead atoms. The molecule has 4 aromatic carbocycles. The van der Waals surface area contributed by atoms with Crippen molar-refractivity contribution >= 4 is 53.7 Å². The lowest BCUT2D eigenvalue weighted by molar-refractivity contribution is -0.275. The lowest BCUT2D eigenvalue weighted by atomic mass is 9.83. The van der Waals surface area contributed by atoms with E-state index in [-0.39, 0.29) is 17.5 Å². The minimum Gasteiger partial charge on any atom is -0.406 e. The largest absolute Gasteiger partial charge is 0.573 e. The van der Waals surface area contributed by atoms with Gasteiger partial charge in [-0.05, 0) is 70.8 Å². The molecule has 2 aromatic heterocycles. The maximum atomic E-state index is 12.5. The van der Waals surface area contributed by atoms with Gasteiger partial charge in [0.25, 0.3) is 0 Å². The van der Waals surface area contributed by atoms with Crippen LogP contribution in [0.2, 0.25) is 0 Å². The molecule has 58 heavy (non-hydrogen) atoms. The first-order valence-corrected chi connectivity index (χ1v) is 18.5. The molecule has 0 amide bonds. The third-order valence-electron chi connectivity index (χ3n) is 7.94. The van der Waals surface area contributed by atoms with Gasteiger partial charge in [-0.25, -0.2) is 15.0 Å². The smallest absolute Gasteiger partial charge is 0.406 e. The van der Waals surface area contributed by atoms with E-state index in [1.54, 1.807) is 40.4 Å². The van der Waals surface area contributed by atoms with E-state index in [1.165, 1.54) is 55.5 Å². The SMILES string of the molecule is CC#N.N#CBr.NC(c1ccc(OC(F)(F)F)cc1)(c1cccc(Br)c1)c1ncc[nH]1.NC1=NC(c2ccc(OC(F)(F)F)cc2)(c2cccc(Br)c2)c2nccn21. The second-order valence-electron chi connectivity index (χ2n) is 11.5. The number of aliphatic imine (C=N–C) groups is 1. The van der Waals surface area contributed by atoms with Crippen LogP contribution in [0, 0.1) is 21.6 Å². The molecule has 0 spiro atoms. The number of rotatable bonds is 7. The number of nitrogens with one attached hydrogen (secondary N) is 1. The predicted octanol–water partition coefficient (Wildman–Crippen LogP) is 9.73. The molecule has 300 valence electrons. The summed E-state index contributed by atoms with van der Waals surface area (Å²) in [6.07, 6.45) is -3.01. The summed E-state index contributed by atoms with van der Waals surface area (Å²) >= 11 is 9.30. The minimum absolute atomic E-state index is 0.248. The average molecular weight is 996 g/mol. The number of H-pyrrole nitrogens is 1. The highest BCUT2D eigenvalue weighted by Crippen LogP contribution is 2.44. The first-order valence-electron chi connectivity index (χ1n) is 16.1. The van der Waals surface area contributed by atoms with Crippen molar-refractivity contribution in [2.24, 2.45) is 16.5 Å². The van der Waals surface area contributed by atoms with Gasteiger partial charge in [-0.2, -0.15) is 10.5 Å². The second kappa shape index (κ2) is 19.2. The summed E-state index contributed by atoms with van der Waals surface area (Å²) in [4.78, 5) is 17.8. The zero-order valence-corrected chi connectivity index (χ0v) is 34.4. The van der Waals surface area contributed by atoms with Crippen molar-refractivity contribution in [1.29, 1.82) is 10.5 Å². The van der Waals surface area contributed by atoms with E-state index < -0.39 is 23.8 Å². The number of ether oxygens (including phenoxy) is 2. The van der Waals surface area contributed by atoms with Gasteiger partial charge in [0.1, 0.15) is 27.8 Å². The second-order valence-corrected chi connectivity index (χ2v) is 13.7. The number of halogens is 9. The number of aromatic nitrogens is 4. The lowest BCUT2D eigenvalue weighted by Gasteiger charge is -2.29. The van der Waals surface area contributed by atoms with Gasteiger partial charge in [0, 0.05) is 56.6 Å². The molecular weight excluding hydrogens is 968 g/mol. The van der Waals surface area contributed by atoms with E-state index >= 15 is 0 Å². The Labute approximate surface area is 352 Å². The molecule has 20 heteroatoms. The van der Waals surface area contributed by atoms with Crippen LogP contribution in [0.15, 0.2) is 136 Å². The highest BCUT2D eigenvalue weighted by molar-refractivity contribution is 9.12. The fraction of sp³-hybridized carbons (Fsp3) is 0.132. The quantitative estimate of drug-likeness (QED) is 0.132. The first-order chi connectivity index (χ1) is 27.4. The van der Waals surface area contributed by atoms with Gasteiger partial charge in [-0.15, -0.1) is 26.3 Å². The molecule has 2 unspecified atom stereocenters. The van der Waals surface area contributed by atoms with E-state index in [0.29, 0.717) is 22.8 Å². The van der Waals surface area contributed by atoms with Crippen LogP contribution >= 0.6 is 47.8 Å². The Morgan fingerprint density at radius 1 is 0.759 bits per heavy atom. The van der Waals surface area contributed by atoms with Crippen LogP contribution in [0.25, 0.3) is 0 Å². The Kier molecular flexibility index (Phi) is 14.9. The number of fused-ring (bicyclic) bond motifs is 1. The van der Waals surface area contributed by atoms with Crippen LogP contribution in [0.4, 0.5) is 26.3 Å². The van der Waals surface area contributed by atoms with E-state index in [0.717, 1.165) is 20.1 Å². The highest BCUT2D eigenvalue weighted by Gasteiger charge is 2.45. The zero-order valence-electron chi connectivity index (χ0n) is 29.6. The van der Waals surface area contributed by atoms with Gasteiger partial charge >= 0.3 is 12.7 Å². The molecule has 1 aliphatic rings. The predicted molar refractivity (Wildman–Crippen MR) is 212 cm³/mol. The topological polar surface area (TPSA) is 177 Å². The molecule has 11 nitrogen and oxygen atoms in total. The van der Waals surface area contributed by atoms with Gasteiger partial charge in [-0.1, -0.05) is 80.4 Å². The summed E-state index contributed by atoms with van der Waals surface area (Å²) in [7, 11) is 0. The van der Waals surface area contributed by atoms with Gasteiger partial charge in [0.05, 0.1) is 6.07 Å². The zero-order chi connectivity index (χ0) is 42.7. The molecule has 0 saturated carbocycles.